The van der Waals surface area contributed by atoms with Crippen LogP contribution in [0.25, 0.3) is 0 Å². The molecule has 0 aromatic heterocycles. The van der Waals surface area contributed by atoms with Crippen LogP contribution in [0.3, 0.4) is 0 Å². The molecule has 5 nitrogen and oxygen atoms in total. The number of anilines is 3. The Labute approximate surface area is 171 Å². The van der Waals surface area contributed by atoms with Crippen molar-refractivity contribution in [3.63, 3.8) is 0 Å². The van der Waals surface area contributed by atoms with Crippen LogP contribution in [0.15, 0.2) is 18.2 Å². The molecule has 1 rings (SSSR count). The summed E-state index contributed by atoms with van der Waals surface area (Å²) >= 11 is 0. The molecule has 0 saturated heterocycles. The van der Waals surface area contributed by atoms with E-state index in [4.69, 9.17) is 0 Å². The molecule has 0 saturated carbocycles. The number of benzene rings is 1. The third-order valence-corrected chi connectivity index (χ3v) is 5.56. The number of aliphatic hydroxyl groups is 1. The molecule has 1 aromatic carbocycles. The minimum Gasteiger partial charge on any atom is -0.384 e. The first-order valence-corrected chi connectivity index (χ1v) is 10.4. The maximum absolute atomic E-state index is 12.4. The fourth-order valence-corrected chi connectivity index (χ4v) is 2.22. The van der Waals surface area contributed by atoms with Crippen LogP contribution in [0.5, 0.6) is 0 Å². The Morgan fingerprint density at radius 3 is 1.96 bits per heavy atom. The van der Waals surface area contributed by atoms with Crippen molar-refractivity contribution in [2.75, 3.05) is 22.5 Å². The smallest absolute Gasteiger partial charge is 0.229 e. The molecule has 1 amide bonds. The quantitative estimate of drug-likeness (QED) is 0.408. The van der Waals surface area contributed by atoms with Crippen molar-refractivity contribution in [3.8, 4) is 0 Å². The van der Waals surface area contributed by atoms with Crippen molar-refractivity contribution in [2.24, 2.45) is 16.2 Å². The molecule has 0 fully saturated rings. The molecule has 1 aromatic rings. The van der Waals surface area contributed by atoms with Crippen LogP contribution in [0.1, 0.15) is 75.2 Å². The first kappa shape index (κ1) is 24.3. The third kappa shape index (κ3) is 7.34. The van der Waals surface area contributed by atoms with Crippen molar-refractivity contribution in [2.45, 2.75) is 81.4 Å². The zero-order valence-corrected chi connectivity index (χ0v) is 19.3. The molecule has 160 valence electrons. The summed E-state index contributed by atoms with van der Waals surface area (Å²) in [6, 6.07) is 5.79. The number of carbonyl (C=O) groups is 1. The average Bonchev–Trinajstić information content (AvgIpc) is 2.59. The molecule has 0 heterocycles. The predicted molar refractivity (Wildman–Crippen MR) is 121 cm³/mol. The lowest BCUT2D eigenvalue weighted by molar-refractivity contribution is -0.123. The van der Waals surface area contributed by atoms with Gasteiger partial charge >= 0.3 is 0 Å². The SMILES string of the molecule is CCC(C)(C)CNc1cc(NC(=O)C(C)(C)C)cc(NC(O)C(C)(C)CC)c1. The van der Waals surface area contributed by atoms with E-state index in [1.165, 1.54) is 0 Å². The van der Waals surface area contributed by atoms with Gasteiger partial charge in [-0.25, -0.2) is 0 Å². The van der Waals surface area contributed by atoms with Crippen molar-refractivity contribution >= 4 is 23.0 Å². The molecular formula is C23H41N3O2. The fraction of sp³-hybridized carbons (Fsp3) is 0.696. The van der Waals surface area contributed by atoms with E-state index < -0.39 is 11.6 Å². The lowest BCUT2D eigenvalue weighted by atomic mass is 9.88. The van der Waals surface area contributed by atoms with Gasteiger partial charge in [0.05, 0.1) is 0 Å². The lowest BCUT2D eigenvalue weighted by Gasteiger charge is -2.31. The zero-order valence-electron chi connectivity index (χ0n) is 19.3. The summed E-state index contributed by atoms with van der Waals surface area (Å²) in [6.45, 7) is 19.2. The van der Waals surface area contributed by atoms with Crippen LogP contribution in [0.4, 0.5) is 17.1 Å². The van der Waals surface area contributed by atoms with E-state index in [9.17, 15) is 9.90 Å². The van der Waals surface area contributed by atoms with E-state index in [2.05, 4.69) is 43.6 Å². The summed E-state index contributed by atoms with van der Waals surface area (Å²) in [6.07, 6.45) is 1.22. The first-order chi connectivity index (χ1) is 12.7. The van der Waals surface area contributed by atoms with E-state index in [-0.39, 0.29) is 16.7 Å². The van der Waals surface area contributed by atoms with E-state index in [1.807, 2.05) is 52.8 Å². The highest BCUT2D eigenvalue weighted by Crippen LogP contribution is 2.30. The van der Waals surface area contributed by atoms with Crippen LogP contribution in [-0.4, -0.2) is 23.8 Å². The second-order valence-electron chi connectivity index (χ2n) is 10.3. The molecule has 0 aliphatic rings. The highest BCUT2D eigenvalue weighted by atomic mass is 16.3. The Morgan fingerprint density at radius 2 is 1.46 bits per heavy atom. The van der Waals surface area contributed by atoms with Gasteiger partial charge in [0.2, 0.25) is 5.91 Å². The maximum atomic E-state index is 12.4. The Balaban J connectivity index is 3.14. The Bertz CT molecular complexity index is 660. The van der Waals surface area contributed by atoms with Gasteiger partial charge in [0.15, 0.2) is 0 Å². The van der Waals surface area contributed by atoms with Crippen molar-refractivity contribution in [1.82, 2.24) is 0 Å². The van der Waals surface area contributed by atoms with E-state index in [0.29, 0.717) is 5.69 Å². The van der Waals surface area contributed by atoms with Crippen LogP contribution in [-0.2, 0) is 4.79 Å². The van der Waals surface area contributed by atoms with Gasteiger partial charge in [-0.05, 0) is 36.5 Å². The van der Waals surface area contributed by atoms with E-state index >= 15 is 0 Å². The fourth-order valence-electron chi connectivity index (χ4n) is 2.22. The molecule has 0 aliphatic heterocycles. The van der Waals surface area contributed by atoms with Gasteiger partial charge < -0.3 is 21.1 Å². The summed E-state index contributed by atoms with van der Waals surface area (Å²) in [5.41, 5.74) is 1.83. The Hall–Kier alpha value is -1.75. The summed E-state index contributed by atoms with van der Waals surface area (Å²) < 4.78 is 0. The van der Waals surface area contributed by atoms with Crippen LogP contribution in [0, 0.1) is 16.2 Å². The van der Waals surface area contributed by atoms with Gasteiger partial charge in [-0.1, -0.05) is 62.3 Å². The number of hydrogen-bond acceptors (Lipinski definition) is 4. The number of nitrogens with one attached hydrogen (secondary N) is 3. The predicted octanol–water partition coefficient (Wildman–Crippen LogP) is 5.69. The minimum absolute atomic E-state index is 0.0427. The summed E-state index contributed by atoms with van der Waals surface area (Å²) in [4.78, 5) is 12.4. The normalized spacial score (nSPS) is 13.8. The number of hydrogen-bond donors (Lipinski definition) is 4. The van der Waals surface area contributed by atoms with E-state index in [1.54, 1.807) is 0 Å². The molecule has 4 N–H and O–H groups in total. The van der Waals surface area contributed by atoms with Gasteiger partial charge in [0.25, 0.3) is 0 Å². The Morgan fingerprint density at radius 1 is 0.929 bits per heavy atom. The second kappa shape index (κ2) is 9.17. The van der Waals surface area contributed by atoms with Crippen LogP contribution >= 0.6 is 0 Å². The van der Waals surface area contributed by atoms with Gasteiger partial charge in [-0.2, -0.15) is 0 Å². The maximum Gasteiger partial charge on any atom is 0.229 e. The molecule has 5 heteroatoms. The summed E-state index contributed by atoms with van der Waals surface area (Å²) in [5, 5.41) is 20.3. The molecule has 0 aliphatic carbocycles. The second-order valence-corrected chi connectivity index (χ2v) is 10.3. The molecule has 0 bridgehead atoms. The van der Waals surface area contributed by atoms with Gasteiger partial charge in [-0.15, -0.1) is 0 Å². The monoisotopic (exact) mass is 391 g/mol. The molecule has 1 unspecified atom stereocenters. The van der Waals surface area contributed by atoms with Crippen LogP contribution in [0.2, 0.25) is 0 Å². The van der Waals surface area contributed by atoms with Gasteiger partial charge in [-0.3, -0.25) is 4.79 Å². The average molecular weight is 392 g/mol. The molecular weight excluding hydrogens is 350 g/mol. The lowest BCUT2D eigenvalue weighted by Crippen LogP contribution is -2.35. The molecule has 0 spiro atoms. The van der Waals surface area contributed by atoms with Gasteiger partial charge in [0, 0.05) is 34.4 Å². The number of amides is 1. The summed E-state index contributed by atoms with van der Waals surface area (Å²) in [7, 11) is 0. The zero-order chi connectivity index (χ0) is 21.8. The number of aliphatic hydroxyl groups excluding tert-OH is 1. The Kier molecular flexibility index (Phi) is 7.95. The van der Waals surface area contributed by atoms with Gasteiger partial charge in [0.1, 0.15) is 6.23 Å². The highest BCUT2D eigenvalue weighted by molar-refractivity contribution is 5.95. The summed E-state index contributed by atoms with van der Waals surface area (Å²) in [5.74, 6) is -0.0427. The highest BCUT2D eigenvalue weighted by Gasteiger charge is 2.26. The molecule has 0 radical (unpaired) electrons. The van der Waals surface area contributed by atoms with Crippen molar-refractivity contribution in [3.05, 3.63) is 18.2 Å². The third-order valence-electron chi connectivity index (χ3n) is 5.56. The largest absolute Gasteiger partial charge is 0.384 e. The number of carbonyl (C=O) groups excluding carboxylic acids is 1. The van der Waals surface area contributed by atoms with Crippen LogP contribution < -0.4 is 16.0 Å². The topological polar surface area (TPSA) is 73.4 Å². The van der Waals surface area contributed by atoms with Crippen molar-refractivity contribution < 1.29 is 9.90 Å². The molecule has 1 atom stereocenters. The minimum atomic E-state index is -0.689. The standard InChI is InChI=1S/C23H41N3O2/c1-10-22(6,7)15-24-16-12-17(25-19(27)21(3,4)5)14-18(13-16)26-20(28)23(8,9)11-2/h12-14,20,24,26,28H,10-11,15H2,1-9H3,(H,25,27). The van der Waals surface area contributed by atoms with E-state index in [0.717, 1.165) is 30.8 Å². The van der Waals surface area contributed by atoms with Crippen molar-refractivity contribution in [1.29, 1.82) is 0 Å². The number of rotatable bonds is 9. The molecule has 28 heavy (non-hydrogen) atoms. The first-order valence-electron chi connectivity index (χ1n) is 10.4.